The second-order valence-electron chi connectivity index (χ2n) is 8.75. The first-order valence-corrected chi connectivity index (χ1v) is 9.95. The van der Waals surface area contributed by atoms with Gasteiger partial charge in [0.25, 0.3) is 5.91 Å². The predicted molar refractivity (Wildman–Crippen MR) is 110 cm³/mol. The molecule has 1 unspecified atom stereocenters. The summed E-state index contributed by atoms with van der Waals surface area (Å²) in [6.45, 7) is 8.08. The number of hydrogen-bond acceptors (Lipinski definition) is 3. The standard InChI is InChI=1S/C23H28N2O4/c1-13-20-16(6-5-7-18(20)26)24-21(13)22(29)25-17(12-19(27)28)14-8-10-15(11-9-14)23(2,3)4/h8-11,17,24H,5-7,12H2,1-4H3,(H,25,29)(H,27,28). The highest BCUT2D eigenvalue weighted by atomic mass is 16.4. The van der Waals surface area contributed by atoms with E-state index >= 15 is 0 Å². The number of nitrogens with one attached hydrogen (secondary N) is 2. The van der Waals surface area contributed by atoms with E-state index in [2.05, 4.69) is 31.1 Å². The molecular weight excluding hydrogens is 368 g/mol. The summed E-state index contributed by atoms with van der Waals surface area (Å²) in [5.74, 6) is -1.33. The number of hydrogen-bond donors (Lipinski definition) is 3. The number of carboxylic acids is 1. The van der Waals surface area contributed by atoms with E-state index in [1.807, 2.05) is 24.3 Å². The number of ketones is 1. The summed E-state index contributed by atoms with van der Waals surface area (Å²) >= 11 is 0. The molecule has 154 valence electrons. The molecule has 6 heteroatoms. The Hall–Kier alpha value is -2.89. The number of carbonyl (C=O) groups is 3. The Bertz CT molecular complexity index is 948. The van der Waals surface area contributed by atoms with Crippen molar-refractivity contribution in [3.63, 3.8) is 0 Å². The van der Waals surface area contributed by atoms with Crippen molar-refractivity contribution in [1.82, 2.24) is 10.3 Å². The molecule has 2 aromatic rings. The molecule has 1 aromatic carbocycles. The van der Waals surface area contributed by atoms with Gasteiger partial charge in [0.05, 0.1) is 12.5 Å². The van der Waals surface area contributed by atoms with Gasteiger partial charge < -0.3 is 15.4 Å². The highest BCUT2D eigenvalue weighted by molar-refractivity contribution is 6.04. The Labute approximate surface area is 170 Å². The van der Waals surface area contributed by atoms with Crippen LogP contribution in [0.25, 0.3) is 0 Å². The van der Waals surface area contributed by atoms with Gasteiger partial charge in [-0.05, 0) is 41.9 Å². The fraction of sp³-hybridized carbons (Fsp3) is 0.435. The van der Waals surface area contributed by atoms with Gasteiger partial charge in [-0.3, -0.25) is 14.4 Å². The number of aromatic amines is 1. The Morgan fingerprint density at radius 2 is 1.83 bits per heavy atom. The van der Waals surface area contributed by atoms with Crippen molar-refractivity contribution in [1.29, 1.82) is 0 Å². The van der Waals surface area contributed by atoms with Gasteiger partial charge in [0.1, 0.15) is 5.69 Å². The van der Waals surface area contributed by atoms with Crippen molar-refractivity contribution >= 4 is 17.7 Å². The lowest BCUT2D eigenvalue weighted by molar-refractivity contribution is -0.137. The van der Waals surface area contributed by atoms with E-state index in [1.54, 1.807) is 6.92 Å². The minimum atomic E-state index is -0.993. The lowest BCUT2D eigenvalue weighted by atomic mass is 9.86. The SMILES string of the molecule is Cc1c(C(=O)NC(CC(=O)O)c2ccc(C(C)(C)C)cc2)[nH]c2c1C(=O)CCC2. The van der Waals surface area contributed by atoms with Crippen LogP contribution in [0.1, 0.15) is 89.3 Å². The van der Waals surface area contributed by atoms with Gasteiger partial charge in [-0.1, -0.05) is 45.0 Å². The van der Waals surface area contributed by atoms with Crippen LogP contribution in [0.15, 0.2) is 24.3 Å². The average molecular weight is 396 g/mol. The van der Waals surface area contributed by atoms with Crippen molar-refractivity contribution in [2.24, 2.45) is 0 Å². The molecule has 0 spiro atoms. The van der Waals surface area contributed by atoms with Gasteiger partial charge in [-0.2, -0.15) is 0 Å². The van der Waals surface area contributed by atoms with Crippen LogP contribution in [-0.4, -0.2) is 27.8 Å². The Balaban J connectivity index is 1.87. The molecule has 0 saturated carbocycles. The molecule has 6 nitrogen and oxygen atoms in total. The van der Waals surface area contributed by atoms with Crippen molar-refractivity contribution in [2.45, 2.75) is 64.8 Å². The van der Waals surface area contributed by atoms with Gasteiger partial charge in [0.15, 0.2) is 5.78 Å². The average Bonchev–Trinajstić information content (AvgIpc) is 2.98. The second-order valence-corrected chi connectivity index (χ2v) is 8.75. The maximum Gasteiger partial charge on any atom is 0.305 e. The Morgan fingerprint density at radius 1 is 1.17 bits per heavy atom. The lowest BCUT2D eigenvalue weighted by Gasteiger charge is -2.22. The van der Waals surface area contributed by atoms with E-state index < -0.39 is 17.9 Å². The molecule has 0 fully saturated rings. The highest BCUT2D eigenvalue weighted by Crippen LogP contribution is 2.28. The quantitative estimate of drug-likeness (QED) is 0.709. The molecular formula is C23H28N2O4. The molecule has 1 aromatic heterocycles. The van der Waals surface area contributed by atoms with Gasteiger partial charge in [-0.25, -0.2) is 0 Å². The third-order valence-corrected chi connectivity index (χ3v) is 5.53. The van der Waals surface area contributed by atoms with Crippen LogP contribution in [0.2, 0.25) is 0 Å². The molecule has 1 amide bonds. The first kappa shape index (κ1) is 20.8. The van der Waals surface area contributed by atoms with Crippen LogP contribution in [0.3, 0.4) is 0 Å². The number of carbonyl (C=O) groups excluding carboxylic acids is 2. The molecule has 1 aliphatic carbocycles. The number of benzene rings is 1. The van der Waals surface area contributed by atoms with E-state index in [0.29, 0.717) is 23.2 Å². The molecule has 0 aliphatic heterocycles. The number of fused-ring (bicyclic) bond motifs is 1. The normalized spacial score (nSPS) is 15.0. The highest BCUT2D eigenvalue weighted by Gasteiger charge is 2.28. The zero-order valence-corrected chi connectivity index (χ0v) is 17.4. The molecule has 29 heavy (non-hydrogen) atoms. The number of H-pyrrole nitrogens is 1. The Kier molecular flexibility index (Phi) is 5.64. The number of carboxylic acid groups (broad SMARTS) is 1. The second kappa shape index (κ2) is 7.85. The van der Waals surface area contributed by atoms with Crippen molar-refractivity contribution in [3.8, 4) is 0 Å². The van der Waals surface area contributed by atoms with Crippen LogP contribution in [0.5, 0.6) is 0 Å². The van der Waals surface area contributed by atoms with Crippen LogP contribution in [0, 0.1) is 6.92 Å². The maximum absolute atomic E-state index is 12.9. The van der Waals surface area contributed by atoms with E-state index in [0.717, 1.165) is 29.7 Å². The molecule has 1 atom stereocenters. The first-order chi connectivity index (χ1) is 13.6. The molecule has 1 heterocycles. The number of rotatable bonds is 5. The van der Waals surface area contributed by atoms with Gasteiger partial charge in [-0.15, -0.1) is 0 Å². The predicted octanol–water partition coefficient (Wildman–Crippen LogP) is 4.09. The third kappa shape index (κ3) is 4.42. The number of aryl methyl sites for hydroxylation is 1. The fourth-order valence-electron chi connectivity index (χ4n) is 3.87. The van der Waals surface area contributed by atoms with Crippen molar-refractivity contribution in [2.75, 3.05) is 0 Å². The summed E-state index contributed by atoms with van der Waals surface area (Å²) < 4.78 is 0. The lowest BCUT2D eigenvalue weighted by Crippen LogP contribution is -2.31. The molecule has 0 saturated heterocycles. The molecule has 0 radical (unpaired) electrons. The summed E-state index contributed by atoms with van der Waals surface area (Å²) in [6.07, 6.45) is 1.78. The number of aliphatic carboxylic acids is 1. The van der Waals surface area contributed by atoms with E-state index in [4.69, 9.17) is 0 Å². The van der Waals surface area contributed by atoms with Crippen LogP contribution in [-0.2, 0) is 16.6 Å². The summed E-state index contributed by atoms with van der Waals surface area (Å²) in [5.41, 5.74) is 4.24. The zero-order valence-electron chi connectivity index (χ0n) is 17.4. The first-order valence-electron chi connectivity index (χ1n) is 9.95. The summed E-state index contributed by atoms with van der Waals surface area (Å²) in [7, 11) is 0. The van der Waals surface area contributed by atoms with Gasteiger partial charge in [0, 0.05) is 17.7 Å². The largest absolute Gasteiger partial charge is 0.481 e. The monoisotopic (exact) mass is 396 g/mol. The number of Topliss-reactive ketones (excluding diaryl/α,β-unsaturated/α-hetero) is 1. The third-order valence-electron chi connectivity index (χ3n) is 5.53. The van der Waals surface area contributed by atoms with Crippen LogP contribution >= 0.6 is 0 Å². The van der Waals surface area contributed by atoms with E-state index in [9.17, 15) is 19.5 Å². The van der Waals surface area contributed by atoms with Gasteiger partial charge in [0.2, 0.25) is 0 Å². The summed E-state index contributed by atoms with van der Waals surface area (Å²) in [6, 6.07) is 7.00. The number of amides is 1. The topological polar surface area (TPSA) is 99.3 Å². The summed E-state index contributed by atoms with van der Waals surface area (Å²) in [5, 5.41) is 12.2. The van der Waals surface area contributed by atoms with E-state index in [1.165, 1.54) is 0 Å². The molecule has 1 aliphatic rings. The molecule has 3 rings (SSSR count). The zero-order chi connectivity index (χ0) is 21.3. The molecule has 3 N–H and O–H groups in total. The minimum absolute atomic E-state index is 0.0168. The fourth-order valence-corrected chi connectivity index (χ4v) is 3.87. The molecule has 0 bridgehead atoms. The maximum atomic E-state index is 12.9. The van der Waals surface area contributed by atoms with Gasteiger partial charge >= 0.3 is 5.97 Å². The van der Waals surface area contributed by atoms with Crippen LogP contribution in [0.4, 0.5) is 0 Å². The smallest absolute Gasteiger partial charge is 0.305 e. The number of aromatic nitrogens is 1. The van der Waals surface area contributed by atoms with Crippen molar-refractivity contribution in [3.05, 3.63) is 57.9 Å². The van der Waals surface area contributed by atoms with Crippen LogP contribution < -0.4 is 5.32 Å². The minimum Gasteiger partial charge on any atom is -0.481 e. The van der Waals surface area contributed by atoms with E-state index in [-0.39, 0.29) is 17.6 Å². The Morgan fingerprint density at radius 3 is 2.38 bits per heavy atom. The summed E-state index contributed by atoms with van der Waals surface area (Å²) in [4.78, 5) is 39.6. The van der Waals surface area contributed by atoms with Crippen molar-refractivity contribution < 1.29 is 19.5 Å².